The van der Waals surface area contributed by atoms with Crippen LogP contribution in [0.15, 0.2) is 36.7 Å². The molecule has 1 aliphatic rings. The number of aromatic nitrogens is 3. The molecule has 1 fully saturated rings. The molecule has 0 radical (unpaired) electrons. The highest BCUT2D eigenvalue weighted by molar-refractivity contribution is 5.96. The first-order valence-corrected chi connectivity index (χ1v) is 8.46. The van der Waals surface area contributed by atoms with Crippen LogP contribution in [0.2, 0.25) is 0 Å². The Morgan fingerprint density at radius 3 is 2.68 bits per heavy atom. The van der Waals surface area contributed by atoms with Gasteiger partial charge in [-0.3, -0.25) is 4.79 Å². The van der Waals surface area contributed by atoms with Crippen LogP contribution in [0.3, 0.4) is 0 Å². The number of halogens is 1. The van der Waals surface area contributed by atoms with Crippen LogP contribution in [0.1, 0.15) is 35.8 Å². The van der Waals surface area contributed by atoms with Gasteiger partial charge in [-0.25, -0.2) is 13.9 Å². The number of carbonyl (C=O) groups is 1. The minimum atomic E-state index is -0.281. The number of aryl methyl sites for hydroxylation is 1. The van der Waals surface area contributed by atoms with Gasteiger partial charge in [0.1, 0.15) is 5.82 Å². The lowest BCUT2D eigenvalue weighted by molar-refractivity contribution is 0.0745. The summed E-state index contributed by atoms with van der Waals surface area (Å²) in [5.74, 6) is -0.271. The van der Waals surface area contributed by atoms with Gasteiger partial charge in [-0.1, -0.05) is 12.1 Å². The molecular weight excluding hydrogens is 319 g/mol. The zero-order valence-corrected chi connectivity index (χ0v) is 14.2. The van der Waals surface area contributed by atoms with Crippen molar-refractivity contribution >= 4 is 11.6 Å². The second kappa shape index (κ2) is 5.95. The molecule has 3 aromatic rings. The Labute approximate surface area is 145 Å². The van der Waals surface area contributed by atoms with E-state index in [1.54, 1.807) is 29.0 Å². The van der Waals surface area contributed by atoms with E-state index in [0.717, 1.165) is 36.2 Å². The predicted molar refractivity (Wildman–Crippen MR) is 92.9 cm³/mol. The van der Waals surface area contributed by atoms with Crippen LogP contribution in [0.25, 0.3) is 16.8 Å². The monoisotopic (exact) mass is 338 g/mol. The van der Waals surface area contributed by atoms with Crippen LogP contribution in [0, 0.1) is 12.7 Å². The molecule has 0 saturated carbocycles. The first kappa shape index (κ1) is 15.7. The molecule has 6 heteroatoms. The standard InChI is InChI=1S/C19H19FN4O/c1-12-4-3-9-23(12)19(25)16-10-21-18-17(11-22-24(18)13(16)2)14-5-7-15(20)8-6-14/h5-8,10-12H,3-4,9H2,1-2H3. The Bertz CT molecular complexity index is 948. The number of hydrogen-bond donors (Lipinski definition) is 0. The van der Waals surface area contributed by atoms with Crippen molar-refractivity contribution in [2.75, 3.05) is 6.54 Å². The summed E-state index contributed by atoms with van der Waals surface area (Å²) in [6.07, 6.45) is 5.41. The Kier molecular flexibility index (Phi) is 3.75. The summed E-state index contributed by atoms with van der Waals surface area (Å²) in [5.41, 5.74) is 3.67. The molecule has 1 aromatic carbocycles. The first-order chi connectivity index (χ1) is 12.1. The maximum Gasteiger partial charge on any atom is 0.257 e. The third-order valence-electron chi connectivity index (χ3n) is 4.97. The summed E-state index contributed by atoms with van der Waals surface area (Å²) in [6, 6.07) is 6.49. The van der Waals surface area contributed by atoms with Gasteiger partial charge in [-0.05, 0) is 44.4 Å². The van der Waals surface area contributed by atoms with Crippen molar-refractivity contribution in [3.05, 3.63) is 53.7 Å². The van der Waals surface area contributed by atoms with E-state index in [-0.39, 0.29) is 17.8 Å². The molecule has 2 aromatic heterocycles. The van der Waals surface area contributed by atoms with Crippen LogP contribution in [-0.2, 0) is 0 Å². The molecule has 25 heavy (non-hydrogen) atoms. The second-order valence-corrected chi connectivity index (χ2v) is 6.55. The number of rotatable bonds is 2. The van der Waals surface area contributed by atoms with E-state index in [1.807, 2.05) is 11.8 Å². The number of likely N-dealkylation sites (tertiary alicyclic amines) is 1. The predicted octanol–water partition coefficient (Wildman–Crippen LogP) is 3.47. The van der Waals surface area contributed by atoms with Crippen LogP contribution < -0.4 is 0 Å². The molecule has 1 unspecified atom stereocenters. The molecule has 4 rings (SSSR count). The van der Waals surface area contributed by atoms with Gasteiger partial charge in [-0.2, -0.15) is 5.10 Å². The smallest absolute Gasteiger partial charge is 0.257 e. The molecule has 5 nitrogen and oxygen atoms in total. The van der Waals surface area contributed by atoms with Crippen LogP contribution in [0.5, 0.6) is 0 Å². The molecule has 128 valence electrons. The maximum absolute atomic E-state index is 13.1. The highest BCUT2D eigenvalue weighted by Gasteiger charge is 2.28. The number of fused-ring (bicyclic) bond motifs is 1. The van der Waals surface area contributed by atoms with E-state index in [4.69, 9.17) is 0 Å². The maximum atomic E-state index is 13.1. The largest absolute Gasteiger partial charge is 0.336 e. The van der Waals surface area contributed by atoms with Crippen molar-refractivity contribution < 1.29 is 9.18 Å². The molecule has 1 amide bonds. The fourth-order valence-electron chi connectivity index (χ4n) is 3.48. The Hall–Kier alpha value is -2.76. The van der Waals surface area contributed by atoms with Crippen molar-refractivity contribution in [2.45, 2.75) is 32.7 Å². The minimum Gasteiger partial charge on any atom is -0.336 e. The number of amides is 1. The molecule has 1 atom stereocenters. The van der Waals surface area contributed by atoms with Gasteiger partial charge >= 0.3 is 0 Å². The molecule has 0 aliphatic carbocycles. The van der Waals surface area contributed by atoms with E-state index >= 15 is 0 Å². The summed E-state index contributed by atoms with van der Waals surface area (Å²) in [6.45, 7) is 4.74. The zero-order chi connectivity index (χ0) is 17.6. The summed E-state index contributed by atoms with van der Waals surface area (Å²) >= 11 is 0. The number of benzene rings is 1. The molecule has 0 bridgehead atoms. The molecule has 1 saturated heterocycles. The lowest BCUT2D eigenvalue weighted by Gasteiger charge is -2.22. The van der Waals surface area contributed by atoms with E-state index in [1.165, 1.54) is 12.1 Å². The van der Waals surface area contributed by atoms with Gasteiger partial charge in [0, 0.05) is 24.3 Å². The first-order valence-electron chi connectivity index (χ1n) is 8.46. The normalized spacial score (nSPS) is 17.4. The lowest BCUT2D eigenvalue weighted by atomic mass is 10.1. The number of carbonyl (C=O) groups excluding carboxylic acids is 1. The summed E-state index contributed by atoms with van der Waals surface area (Å²) in [4.78, 5) is 19.2. The van der Waals surface area contributed by atoms with Crippen molar-refractivity contribution in [1.29, 1.82) is 0 Å². The van der Waals surface area contributed by atoms with E-state index in [2.05, 4.69) is 17.0 Å². The Balaban J connectivity index is 1.77. The van der Waals surface area contributed by atoms with Crippen molar-refractivity contribution in [3.63, 3.8) is 0 Å². The SMILES string of the molecule is Cc1c(C(=O)N2CCCC2C)cnc2c(-c3ccc(F)cc3)cnn12. The second-order valence-electron chi connectivity index (χ2n) is 6.55. The van der Waals surface area contributed by atoms with Gasteiger partial charge in [0.2, 0.25) is 0 Å². The zero-order valence-electron chi connectivity index (χ0n) is 14.2. The van der Waals surface area contributed by atoms with Crippen molar-refractivity contribution in [2.24, 2.45) is 0 Å². The molecular formula is C19H19FN4O. The fourth-order valence-corrected chi connectivity index (χ4v) is 3.48. The van der Waals surface area contributed by atoms with E-state index in [9.17, 15) is 9.18 Å². The number of hydrogen-bond acceptors (Lipinski definition) is 3. The van der Waals surface area contributed by atoms with Crippen LogP contribution in [0.4, 0.5) is 4.39 Å². The highest BCUT2D eigenvalue weighted by Crippen LogP contribution is 2.26. The molecule has 0 N–H and O–H groups in total. The fraction of sp³-hybridized carbons (Fsp3) is 0.316. The quantitative estimate of drug-likeness (QED) is 0.719. The molecule has 0 spiro atoms. The molecule has 1 aliphatic heterocycles. The highest BCUT2D eigenvalue weighted by atomic mass is 19.1. The Morgan fingerprint density at radius 2 is 2.00 bits per heavy atom. The van der Waals surface area contributed by atoms with Gasteiger partial charge in [-0.15, -0.1) is 0 Å². The minimum absolute atomic E-state index is 0.00994. The number of nitrogens with zero attached hydrogens (tertiary/aromatic N) is 4. The van der Waals surface area contributed by atoms with E-state index < -0.39 is 0 Å². The topological polar surface area (TPSA) is 50.5 Å². The van der Waals surface area contributed by atoms with Gasteiger partial charge in [0.25, 0.3) is 5.91 Å². The van der Waals surface area contributed by atoms with Gasteiger partial charge < -0.3 is 4.90 Å². The molecule has 3 heterocycles. The Morgan fingerprint density at radius 1 is 1.24 bits per heavy atom. The van der Waals surface area contributed by atoms with E-state index in [0.29, 0.717) is 11.2 Å². The van der Waals surface area contributed by atoms with Crippen LogP contribution >= 0.6 is 0 Å². The van der Waals surface area contributed by atoms with Crippen molar-refractivity contribution in [3.8, 4) is 11.1 Å². The summed E-state index contributed by atoms with van der Waals surface area (Å²) in [5, 5.41) is 4.40. The summed E-state index contributed by atoms with van der Waals surface area (Å²) < 4.78 is 14.8. The van der Waals surface area contributed by atoms with Gasteiger partial charge in [0.05, 0.1) is 17.5 Å². The lowest BCUT2D eigenvalue weighted by Crippen LogP contribution is -2.34. The summed E-state index contributed by atoms with van der Waals surface area (Å²) in [7, 11) is 0. The third kappa shape index (κ3) is 2.58. The average molecular weight is 338 g/mol. The van der Waals surface area contributed by atoms with Crippen molar-refractivity contribution in [1.82, 2.24) is 19.5 Å². The third-order valence-corrected chi connectivity index (χ3v) is 4.97. The average Bonchev–Trinajstić information content (AvgIpc) is 3.22. The van der Waals surface area contributed by atoms with Gasteiger partial charge in [0.15, 0.2) is 5.65 Å². The van der Waals surface area contributed by atoms with Crippen LogP contribution in [-0.4, -0.2) is 38.0 Å².